The van der Waals surface area contributed by atoms with E-state index in [0.29, 0.717) is 5.02 Å². The summed E-state index contributed by atoms with van der Waals surface area (Å²) in [6.45, 7) is 9.23. The first-order valence-corrected chi connectivity index (χ1v) is 15.0. The lowest BCUT2D eigenvalue weighted by molar-refractivity contribution is -0.136. The molecule has 0 fully saturated rings. The Labute approximate surface area is 259 Å². The number of fused-ring (bicyclic) bond motifs is 2. The van der Waals surface area contributed by atoms with E-state index in [4.69, 9.17) is 21.7 Å². The number of aromatic nitrogens is 4. The second kappa shape index (κ2) is 11.9. The van der Waals surface area contributed by atoms with E-state index in [-0.39, 0.29) is 6.42 Å². The molecule has 0 saturated heterocycles. The monoisotopic (exact) mass is 612 g/mol. The lowest BCUT2D eigenvalue weighted by Gasteiger charge is -2.13. The summed E-state index contributed by atoms with van der Waals surface area (Å²) in [5.41, 5.74) is 8.88. The van der Waals surface area contributed by atoms with Gasteiger partial charge in [0, 0.05) is 52.9 Å². The molecule has 6 rings (SSSR count). The standard InChI is InChI=1S/C30H23ClN4O2S.C4H10O/c1-16-10-25-28(27(22(16)13-26(36)37)18-4-6-21(31)7-5-18)38-30(34-25)19-8-9-32-24(12-19)20-11-23-17(2)14-33-29(23)35(3)15-20;1-4(2,3)5/h4-12,14-15H,13H2,1-3H3,(H,36,37);5H,1-3H3. The van der Waals surface area contributed by atoms with E-state index < -0.39 is 11.6 Å². The summed E-state index contributed by atoms with van der Waals surface area (Å²) in [6.07, 6.45) is 5.66. The summed E-state index contributed by atoms with van der Waals surface area (Å²) in [4.78, 5) is 25.9. The molecule has 9 heteroatoms. The predicted octanol–water partition coefficient (Wildman–Crippen LogP) is 8.21. The normalized spacial score (nSPS) is 11.5. The second-order valence-corrected chi connectivity index (χ2v) is 13.0. The van der Waals surface area contributed by atoms with Crippen molar-refractivity contribution in [2.75, 3.05) is 0 Å². The van der Waals surface area contributed by atoms with E-state index in [2.05, 4.69) is 29.0 Å². The van der Waals surface area contributed by atoms with Crippen LogP contribution in [0.4, 0.5) is 0 Å². The number of hydrogen-bond donors (Lipinski definition) is 2. The molecule has 0 radical (unpaired) electrons. The van der Waals surface area contributed by atoms with Gasteiger partial charge in [-0.05, 0) is 93.3 Å². The molecule has 0 aliphatic carbocycles. The minimum atomic E-state index is -0.869. The average molecular weight is 613 g/mol. The number of carbonyl (C=O) groups is 1. The smallest absolute Gasteiger partial charge is 0.307 e. The molecule has 0 unspecified atom stereocenters. The number of aryl methyl sites for hydroxylation is 3. The van der Waals surface area contributed by atoms with Gasteiger partial charge in [-0.1, -0.05) is 23.7 Å². The molecule has 0 spiro atoms. The van der Waals surface area contributed by atoms with Crippen LogP contribution >= 0.6 is 22.9 Å². The van der Waals surface area contributed by atoms with Crippen LogP contribution in [0.25, 0.3) is 54.6 Å². The van der Waals surface area contributed by atoms with Crippen LogP contribution in [-0.2, 0) is 18.3 Å². The van der Waals surface area contributed by atoms with Gasteiger partial charge < -0.3 is 14.8 Å². The van der Waals surface area contributed by atoms with Gasteiger partial charge in [0.15, 0.2) is 0 Å². The van der Waals surface area contributed by atoms with Crippen LogP contribution in [0.2, 0.25) is 5.02 Å². The number of carboxylic acid groups (broad SMARTS) is 1. The van der Waals surface area contributed by atoms with Crippen molar-refractivity contribution in [2.24, 2.45) is 7.05 Å². The Balaban J connectivity index is 0.000000682. The van der Waals surface area contributed by atoms with Crippen molar-refractivity contribution in [1.82, 2.24) is 19.5 Å². The van der Waals surface area contributed by atoms with Crippen LogP contribution in [-0.4, -0.2) is 41.3 Å². The van der Waals surface area contributed by atoms with E-state index in [9.17, 15) is 9.90 Å². The molecule has 2 aromatic carbocycles. The number of benzene rings is 2. The highest BCUT2D eigenvalue weighted by atomic mass is 35.5. The Morgan fingerprint density at radius 3 is 2.35 bits per heavy atom. The highest BCUT2D eigenvalue weighted by Gasteiger charge is 2.20. The molecule has 43 heavy (non-hydrogen) atoms. The Hall–Kier alpha value is -4.11. The van der Waals surface area contributed by atoms with Crippen molar-refractivity contribution in [2.45, 2.75) is 46.6 Å². The SMILES string of the molecule is CC(C)(C)O.Cc1cnc2n(C)cc(-c3cc(-c4nc5cc(C)c(CC(=O)O)c(-c6ccc(Cl)cc6)c5s4)ccn3)cc1-2. The average Bonchev–Trinajstić information content (AvgIpc) is 3.52. The van der Waals surface area contributed by atoms with E-state index in [1.807, 2.05) is 67.3 Å². The van der Waals surface area contributed by atoms with Crippen LogP contribution in [0.1, 0.15) is 37.5 Å². The first kappa shape index (κ1) is 30.4. The molecule has 4 aromatic rings. The van der Waals surface area contributed by atoms with Crippen LogP contribution < -0.4 is 0 Å². The summed E-state index contributed by atoms with van der Waals surface area (Å²) in [5, 5.41) is 19.6. The Morgan fingerprint density at radius 1 is 0.977 bits per heavy atom. The molecular formula is C34H33ClN4O3S. The van der Waals surface area contributed by atoms with Gasteiger partial charge in [0.05, 0.1) is 27.9 Å². The highest BCUT2D eigenvalue weighted by molar-refractivity contribution is 7.22. The Kier molecular flexibility index (Phi) is 8.38. The van der Waals surface area contributed by atoms with Gasteiger partial charge in [0.25, 0.3) is 0 Å². The molecule has 7 nitrogen and oxygen atoms in total. The number of pyridine rings is 2. The lowest BCUT2D eigenvalue weighted by atomic mass is 9.93. The van der Waals surface area contributed by atoms with Crippen LogP contribution in [0.3, 0.4) is 0 Å². The van der Waals surface area contributed by atoms with Crippen LogP contribution in [0.15, 0.2) is 67.1 Å². The quantitative estimate of drug-likeness (QED) is 0.203. The number of nitrogens with zero attached hydrogens (tertiary/aromatic N) is 4. The minimum Gasteiger partial charge on any atom is -0.481 e. The first-order valence-electron chi connectivity index (χ1n) is 13.8. The maximum atomic E-state index is 11.8. The van der Waals surface area contributed by atoms with Gasteiger partial charge in [-0.25, -0.2) is 9.97 Å². The fraction of sp³-hybridized carbons (Fsp3) is 0.235. The lowest BCUT2D eigenvalue weighted by Crippen LogP contribution is -2.10. The minimum absolute atomic E-state index is 0.0676. The predicted molar refractivity (Wildman–Crippen MR) is 175 cm³/mol. The number of aliphatic carboxylic acids is 1. The Morgan fingerprint density at radius 2 is 1.67 bits per heavy atom. The summed E-state index contributed by atoms with van der Waals surface area (Å²) in [7, 11) is 1.99. The van der Waals surface area contributed by atoms with E-state index in [1.54, 1.807) is 38.3 Å². The van der Waals surface area contributed by atoms with Gasteiger partial charge in [0.2, 0.25) is 0 Å². The van der Waals surface area contributed by atoms with Gasteiger partial charge in [-0.2, -0.15) is 0 Å². The topological polar surface area (TPSA) is 101 Å². The van der Waals surface area contributed by atoms with Crippen molar-refractivity contribution in [3.63, 3.8) is 0 Å². The maximum absolute atomic E-state index is 11.8. The summed E-state index contributed by atoms with van der Waals surface area (Å²) in [5.74, 6) is 0.0717. The van der Waals surface area contributed by atoms with Gasteiger partial charge in [0.1, 0.15) is 10.8 Å². The first-order chi connectivity index (χ1) is 20.3. The van der Waals surface area contributed by atoms with Crippen molar-refractivity contribution in [1.29, 1.82) is 0 Å². The van der Waals surface area contributed by atoms with Gasteiger partial charge in [-0.15, -0.1) is 11.3 Å². The van der Waals surface area contributed by atoms with E-state index in [0.717, 1.165) is 71.3 Å². The molecule has 0 atom stereocenters. The summed E-state index contributed by atoms with van der Waals surface area (Å²) >= 11 is 7.71. The van der Waals surface area contributed by atoms with Gasteiger partial charge in [-0.3, -0.25) is 9.78 Å². The second-order valence-electron chi connectivity index (χ2n) is 11.6. The number of rotatable bonds is 5. The summed E-state index contributed by atoms with van der Waals surface area (Å²) in [6, 6.07) is 15.6. The number of hydrogen-bond acceptors (Lipinski definition) is 6. The van der Waals surface area contributed by atoms with E-state index in [1.165, 1.54) is 0 Å². The van der Waals surface area contributed by atoms with Crippen LogP contribution in [0.5, 0.6) is 0 Å². The third-order valence-corrected chi connectivity index (χ3v) is 8.18. The molecule has 0 bridgehead atoms. The Bertz CT molecular complexity index is 1910. The molecule has 2 N–H and O–H groups in total. The van der Waals surface area contributed by atoms with Crippen molar-refractivity contribution >= 4 is 39.1 Å². The molecule has 220 valence electrons. The zero-order valence-electron chi connectivity index (χ0n) is 24.9. The third-order valence-electron chi connectivity index (χ3n) is 6.79. The fourth-order valence-electron chi connectivity index (χ4n) is 4.92. The maximum Gasteiger partial charge on any atom is 0.307 e. The number of halogens is 1. The highest BCUT2D eigenvalue weighted by Crippen LogP contribution is 2.41. The third kappa shape index (κ3) is 6.77. The zero-order valence-corrected chi connectivity index (χ0v) is 26.5. The van der Waals surface area contributed by atoms with Crippen molar-refractivity contribution < 1.29 is 15.0 Å². The largest absolute Gasteiger partial charge is 0.481 e. The molecule has 2 aliphatic rings. The molecule has 2 aliphatic heterocycles. The molecule has 4 heterocycles. The fourth-order valence-corrected chi connectivity index (χ4v) is 6.18. The molecule has 0 saturated carbocycles. The number of carboxylic acids is 1. The number of aliphatic hydroxyl groups is 1. The zero-order chi connectivity index (χ0) is 31.1. The van der Waals surface area contributed by atoms with Crippen LogP contribution in [0, 0.1) is 13.8 Å². The molecule has 0 amide bonds. The van der Waals surface area contributed by atoms with Crippen molar-refractivity contribution in [3.05, 3.63) is 88.8 Å². The summed E-state index contributed by atoms with van der Waals surface area (Å²) < 4.78 is 2.98. The molecular weight excluding hydrogens is 580 g/mol. The van der Waals surface area contributed by atoms with E-state index >= 15 is 0 Å². The van der Waals surface area contributed by atoms with Crippen molar-refractivity contribution in [3.8, 4) is 44.3 Å². The van der Waals surface area contributed by atoms with Gasteiger partial charge >= 0.3 is 5.97 Å². The number of thiazole rings is 1. The molecule has 2 aromatic heterocycles.